The Morgan fingerprint density at radius 2 is 1.81 bits per heavy atom. The van der Waals surface area contributed by atoms with E-state index >= 15 is 0 Å². The number of aryl methyl sites for hydroxylation is 1. The van der Waals surface area contributed by atoms with Crippen molar-refractivity contribution >= 4 is 22.0 Å². The van der Waals surface area contributed by atoms with Crippen molar-refractivity contribution in [3.63, 3.8) is 0 Å². The summed E-state index contributed by atoms with van der Waals surface area (Å²) in [6.07, 6.45) is 1.36. The molecule has 27 heavy (non-hydrogen) atoms. The summed E-state index contributed by atoms with van der Waals surface area (Å²) in [5, 5.41) is 0. The number of nitrogens with zero attached hydrogens (tertiary/aromatic N) is 2. The van der Waals surface area contributed by atoms with Crippen LogP contribution in [0.15, 0.2) is 29.2 Å². The minimum absolute atomic E-state index is 0.175. The van der Waals surface area contributed by atoms with Crippen molar-refractivity contribution in [2.45, 2.75) is 24.7 Å². The third-order valence-electron chi connectivity index (χ3n) is 4.99. The van der Waals surface area contributed by atoms with Gasteiger partial charge in [0.25, 0.3) is 5.91 Å². The van der Waals surface area contributed by atoms with E-state index in [2.05, 4.69) is 6.92 Å². The smallest absolute Gasteiger partial charge is 0.416 e. The number of sulfonamides is 1. The fourth-order valence-corrected chi connectivity index (χ4v) is 4.86. The molecule has 1 N–H and O–H groups in total. The fourth-order valence-electron chi connectivity index (χ4n) is 3.41. The molecule has 2 saturated heterocycles. The number of imide groups is 1. The Morgan fingerprint density at radius 3 is 2.37 bits per heavy atom. The van der Waals surface area contributed by atoms with Crippen LogP contribution in [0.3, 0.4) is 0 Å². The lowest BCUT2D eigenvalue weighted by molar-refractivity contribution is -0.895. The lowest BCUT2D eigenvalue weighted by Crippen LogP contribution is -3.15. The number of amides is 2. The van der Waals surface area contributed by atoms with Crippen LogP contribution < -0.4 is 4.90 Å². The molecule has 0 radical (unpaired) electrons. The summed E-state index contributed by atoms with van der Waals surface area (Å²) in [6, 6.07) is 7.07. The van der Waals surface area contributed by atoms with Crippen LogP contribution in [0.2, 0.25) is 0 Å². The second-order valence-corrected chi connectivity index (χ2v) is 8.82. The maximum atomic E-state index is 12.8. The lowest BCUT2D eigenvalue weighted by atomic mass is 10.1. The van der Waals surface area contributed by atoms with Crippen molar-refractivity contribution in [1.82, 2.24) is 9.21 Å². The van der Waals surface area contributed by atoms with Crippen LogP contribution in [0.4, 0.5) is 4.79 Å². The Balaban J connectivity index is 1.56. The Hall–Kier alpha value is -1.97. The van der Waals surface area contributed by atoms with Crippen LogP contribution in [0.25, 0.3) is 0 Å². The van der Waals surface area contributed by atoms with Gasteiger partial charge < -0.3 is 9.64 Å². The van der Waals surface area contributed by atoms with Crippen molar-refractivity contribution in [1.29, 1.82) is 0 Å². The van der Waals surface area contributed by atoms with Crippen molar-refractivity contribution < 1.29 is 27.6 Å². The number of hydrogen-bond acceptors (Lipinski definition) is 5. The van der Waals surface area contributed by atoms with E-state index in [9.17, 15) is 18.0 Å². The van der Waals surface area contributed by atoms with Gasteiger partial charge in [0, 0.05) is 0 Å². The second-order valence-electron chi connectivity index (χ2n) is 6.88. The molecule has 2 heterocycles. The predicted molar refractivity (Wildman–Crippen MR) is 97.8 cm³/mol. The van der Waals surface area contributed by atoms with E-state index in [-0.39, 0.29) is 19.1 Å². The van der Waals surface area contributed by atoms with Crippen LogP contribution in [0.5, 0.6) is 0 Å². The van der Waals surface area contributed by atoms with E-state index in [1.807, 2.05) is 12.1 Å². The summed E-state index contributed by atoms with van der Waals surface area (Å²) in [4.78, 5) is 26.0. The number of rotatable bonds is 6. The van der Waals surface area contributed by atoms with E-state index < -0.39 is 16.1 Å². The van der Waals surface area contributed by atoms with Gasteiger partial charge in [-0.1, -0.05) is 25.5 Å². The van der Waals surface area contributed by atoms with Gasteiger partial charge in [-0.25, -0.2) is 18.1 Å². The average Bonchev–Trinajstić information content (AvgIpc) is 3.09. The molecule has 3 rings (SSSR count). The van der Waals surface area contributed by atoms with Crippen LogP contribution in [-0.4, -0.2) is 75.5 Å². The molecule has 0 atom stereocenters. The minimum atomic E-state index is -3.52. The summed E-state index contributed by atoms with van der Waals surface area (Å²) in [7, 11) is -3.52. The molecular formula is C18H26N3O5S+. The van der Waals surface area contributed by atoms with Gasteiger partial charge >= 0.3 is 6.09 Å². The zero-order chi connectivity index (χ0) is 19.4. The van der Waals surface area contributed by atoms with Gasteiger partial charge in [0.15, 0.2) is 6.54 Å². The van der Waals surface area contributed by atoms with E-state index in [1.54, 1.807) is 12.1 Å². The highest BCUT2D eigenvalue weighted by Crippen LogP contribution is 2.17. The van der Waals surface area contributed by atoms with Crippen molar-refractivity contribution in [3.8, 4) is 0 Å². The first-order valence-electron chi connectivity index (χ1n) is 9.31. The molecule has 1 aromatic carbocycles. The Bertz CT molecular complexity index is 786. The summed E-state index contributed by atoms with van der Waals surface area (Å²) in [5.74, 6) is -0.268. The molecule has 148 valence electrons. The third-order valence-corrected chi connectivity index (χ3v) is 6.91. The van der Waals surface area contributed by atoms with Gasteiger partial charge in [-0.05, 0) is 24.1 Å². The summed E-state index contributed by atoms with van der Waals surface area (Å²) < 4.78 is 31.9. The normalized spacial score (nSPS) is 19.3. The number of cyclic esters (lactones) is 1. The molecule has 2 fully saturated rings. The molecule has 0 saturated carbocycles. The zero-order valence-electron chi connectivity index (χ0n) is 15.5. The van der Waals surface area contributed by atoms with Gasteiger partial charge in [-0.15, -0.1) is 0 Å². The van der Waals surface area contributed by atoms with Crippen LogP contribution in [0, 0.1) is 0 Å². The Morgan fingerprint density at radius 1 is 1.15 bits per heavy atom. The SMILES string of the molecule is CCCc1ccc(S(=O)(=O)N2CC[NH+](CC(=O)N3CCOC3=O)CC2)cc1. The Labute approximate surface area is 159 Å². The number of piperazine rings is 1. The number of ether oxygens (including phenoxy) is 1. The minimum Gasteiger partial charge on any atom is -0.447 e. The maximum absolute atomic E-state index is 12.8. The van der Waals surface area contributed by atoms with Gasteiger partial charge in [0.1, 0.15) is 6.61 Å². The fraction of sp³-hybridized carbons (Fsp3) is 0.556. The molecule has 8 nitrogen and oxygen atoms in total. The molecule has 2 aliphatic rings. The van der Waals surface area contributed by atoms with Gasteiger partial charge in [0.05, 0.1) is 37.6 Å². The number of benzene rings is 1. The average molecular weight is 396 g/mol. The van der Waals surface area contributed by atoms with E-state index in [1.165, 1.54) is 4.31 Å². The van der Waals surface area contributed by atoms with E-state index in [4.69, 9.17) is 4.74 Å². The lowest BCUT2D eigenvalue weighted by Gasteiger charge is -2.31. The molecular weight excluding hydrogens is 370 g/mol. The van der Waals surface area contributed by atoms with Gasteiger partial charge in [-0.3, -0.25) is 4.79 Å². The Kier molecular flexibility index (Phi) is 6.13. The number of carbonyl (C=O) groups is 2. The largest absolute Gasteiger partial charge is 0.447 e. The maximum Gasteiger partial charge on any atom is 0.416 e. The first kappa shape index (κ1) is 19.8. The van der Waals surface area contributed by atoms with Gasteiger partial charge in [0.2, 0.25) is 10.0 Å². The zero-order valence-corrected chi connectivity index (χ0v) is 16.3. The van der Waals surface area contributed by atoms with Crippen molar-refractivity contribution in [2.75, 3.05) is 45.9 Å². The monoisotopic (exact) mass is 396 g/mol. The molecule has 0 aromatic heterocycles. The third kappa shape index (κ3) is 4.48. The highest BCUT2D eigenvalue weighted by Gasteiger charge is 2.34. The van der Waals surface area contributed by atoms with Crippen LogP contribution >= 0.6 is 0 Å². The summed E-state index contributed by atoms with van der Waals surface area (Å²) in [6.45, 7) is 4.56. The van der Waals surface area contributed by atoms with Crippen LogP contribution in [0.1, 0.15) is 18.9 Å². The molecule has 0 bridgehead atoms. The quantitative estimate of drug-likeness (QED) is 0.701. The molecule has 2 amide bonds. The number of nitrogens with one attached hydrogen (secondary N) is 1. The molecule has 0 aliphatic carbocycles. The van der Waals surface area contributed by atoms with E-state index in [0.717, 1.165) is 28.2 Å². The molecule has 2 aliphatic heterocycles. The standard InChI is InChI=1S/C18H25N3O5S/c1-2-3-15-4-6-16(7-5-15)27(24,25)20-10-8-19(9-11-20)14-17(22)21-12-13-26-18(21)23/h4-7H,2-3,8-14H2,1H3/p+1. The number of carbonyl (C=O) groups excluding carboxylic acids is 2. The molecule has 9 heteroatoms. The number of quaternary nitrogens is 1. The predicted octanol–water partition coefficient (Wildman–Crippen LogP) is -0.493. The van der Waals surface area contributed by atoms with E-state index in [0.29, 0.717) is 37.6 Å². The molecule has 0 unspecified atom stereocenters. The number of hydrogen-bond donors (Lipinski definition) is 1. The topological polar surface area (TPSA) is 88.4 Å². The molecule has 1 aromatic rings. The first-order chi connectivity index (χ1) is 12.9. The van der Waals surface area contributed by atoms with Crippen LogP contribution in [-0.2, 0) is 26.0 Å². The molecule has 0 spiro atoms. The van der Waals surface area contributed by atoms with Gasteiger partial charge in [-0.2, -0.15) is 4.31 Å². The van der Waals surface area contributed by atoms with Crippen molar-refractivity contribution in [2.24, 2.45) is 0 Å². The summed E-state index contributed by atoms with van der Waals surface area (Å²) in [5.41, 5.74) is 1.13. The van der Waals surface area contributed by atoms with Crippen molar-refractivity contribution in [3.05, 3.63) is 29.8 Å². The highest BCUT2D eigenvalue weighted by molar-refractivity contribution is 7.89. The summed E-state index contributed by atoms with van der Waals surface area (Å²) >= 11 is 0. The highest BCUT2D eigenvalue weighted by atomic mass is 32.2. The second kappa shape index (κ2) is 8.37. The first-order valence-corrected chi connectivity index (χ1v) is 10.8.